The summed E-state index contributed by atoms with van der Waals surface area (Å²) in [5, 5.41) is 3.09. The molecule has 1 aromatic carbocycles. The van der Waals surface area contributed by atoms with Crippen molar-refractivity contribution in [2.75, 3.05) is 56.7 Å². The van der Waals surface area contributed by atoms with Crippen LogP contribution in [0.5, 0.6) is 11.8 Å². The largest absolute Gasteiger partial charge is 0.421 e. The number of rotatable bonds is 5. The number of carbonyl (C=O) groups is 1. The third-order valence-corrected chi connectivity index (χ3v) is 7.31. The molecule has 0 bridgehead atoms. The second-order valence-electron chi connectivity index (χ2n) is 9.74. The van der Waals surface area contributed by atoms with Crippen LogP contribution in [0.2, 0.25) is 0 Å². The SMILES string of the molecule is CNc1cc(F)cc2c1Cc1nc(Oc3cnc(C)nc3)nc(N3CC(N)C(C(=O)N4CCOCC4)C3)c1-2. The fraction of sp³-hybridized carbons (Fsp3) is 0.423. The molecule has 1 amide bonds. The van der Waals surface area contributed by atoms with Crippen molar-refractivity contribution in [2.24, 2.45) is 11.7 Å². The normalized spacial score (nSPS) is 20.3. The van der Waals surface area contributed by atoms with E-state index in [2.05, 4.69) is 20.3 Å². The molecule has 1 aliphatic carbocycles. The van der Waals surface area contributed by atoms with Gasteiger partial charge in [0.05, 0.1) is 37.2 Å². The molecule has 2 aromatic heterocycles. The number of benzene rings is 1. The van der Waals surface area contributed by atoms with Gasteiger partial charge in [-0.2, -0.15) is 9.97 Å². The quantitative estimate of drug-likeness (QED) is 0.401. The molecule has 0 spiro atoms. The predicted molar refractivity (Wildman–Crippen MR) is 138 cm³/mol. The monoisotopic (exact) mass is 520 g/mol. The first kappa shape index (κ1) is 24.4. The first-order valence-electron chi connectivity index (χ1n) is 12.7. The summed E-state index contributed by atoms with van der Waals surface area (Å²) < 4.78 is 26.0. The smallest absolute Gasteiger partial charge is 0.324 e. The predicted octanol–water partition coefficient (Wildman–Crippen LogP) is 1.74. The third-order valence-electron chi connectivity index (χ3n) is 7.31. The van der Waals surface area contributed by atoms with E-state index in [0.29, 0.717) is 74.6 Å². The van der Waals surface area contributed by atoms with E-state index < -0.39 is 5.92 Å². The fourth-order valence-electron chi connectivity index (χ4n) is 5.41. The van der Waals surface area contributed by atoms with Crippen molar-refractivity contribution in [3.8, 4) is 22.9 Å². The molecule has 4 heterocycles. The first-order valence-corrected chi connectivity index (χ1v) is 12.7. The summed E-state index contributed by atoms with van der Waals surface area (Å²) in [5.41, 5.74) is 10.3. The summed E-state index contributed by atoms with van der Waals surface area (Å²) in [7, 11) is 1.76. The van der Waals surface area contributed by atoms with Crippen molar-refractivity contribution < 1.29 is 18.7 Å². The number of hydrogen-bond acceptors (Lipinski definition) is 10. The Morgan fingerprint density at radius 3 is 2.68 bits per heavy atom. The maximum absolute atomic E-state index is 14.6. The van der Waals surface area contributed by atoms with Gasteiger partial charge in [-0.05, 0) is 30.2 Å². The van der Waals surface area contributed by atoms with E-state index in [1.54, 1.807) is 26.4 Å². The van der Waals surface area contributed by atoms with E-state index in [-0.39, 0.29) is 23.8 Å². The van der Waals surface area contributed by atoms with Crippen molar-refractivity contribution in [1.29, 1.82) is 0 Å². The molecule has 3 aromatic rings. The number of aromatic nitrogens is 4. The molecular formula is C26H29FN8O3. The van der Waals surface area contributed by atoms with Gasteiger partial charge in [0.2, 0.25) is 5.91 Å². The number of hydrogen-bond donors (Lipinski definition) is 2. The number of ether oxygens (including phenoxy) is 2. The second-order valence-corrected chi connectivity index (χ2v) is 9.74. The molecule has 6 rings (SSSR count). The highest BCUT2D eigenvalue weighted by molar-refractivity contribution is 5.89. The molecule has 3 aliphatic rings. The van der Waals surface area contributed by atoms with Gasteiger partial charge in [-0.1, -0.05) is 0 Å². The van der Waals surface area contributed by atoms with Crippen LogP contribution in [0.1, 0.15) is 17.1 Å². The van der Waals surface area contributed by atoms with Crippen LogP contribution >= 0.6 is 0 Å². The van der Waals surface area contributed by atoms with Crippen LogP contribution in [0, 0.1) is 18.7 Å². The van der Waals surface area contributed by atoms with Crippen molar-refractivity contribution in [2.45, 2.75) is 19.4 Å². The molecule has 2 unspecified atom stereocenters. The van der Waals surface area contributed by atoms with Crippen molar-refractivity contribution in [1.82, 2.24) is 24.8 Å². The minimum atomic E-state index is -0.394. The first-order chi connectivity index (χ1) is 18.4. The summed E-state index contributed by atoms with van der Waals surface area (Å²) in [6.45, 7) is 4.75. The molecule has 2 atom stereocenters. The molecule has 198 valence electrons. The molecule has 38 heavy (non-hydrogen) atoms. The number of anilines is 2. The van der Waals surface area contributed by atoms with Crippen LogP contribution in [0.3, 0.4) is 0 Å². The van der Waals surface area contributed by atoms with E-state index >= 15 is 0 Å². The van der Waals surface area contributed by atoms with Crippen LogP contribution in [0.4, 0.5) is 15.9 Å². The number of halogens is 1. The highest BCUT2D eigenvalue weighted by atomic mass is 19.1. The summed E-state index contributed by atoms with van der Waals surface area (Å²) >= 11 is 0. The highest BCUT2D eigenvalue weighted by Crippen LogP contribution is 2.46. The van der Waals surface area contributed by atoms with E-state index in [4.69, 9.17) is 20.2 Å². The lowest BCUT2D eigenvalue weighted by atomic mass is 10.0. The van der Waals surface area contributed by atoms with Crippen LogP contribution in [0.25, 0.3) is 11.1 Å². The number of fused-ring (bicyclic) bond motifs is 3. The maximum Gasteiger partial charge on any atom is 0.324 e. The van der Waals surface area contributed by atoms with E-state index in [1.807, 2.05) is 9.80 Å². The van der Waals surface area contributed by atoms with Crippen molar-refractivity contribution >= 4 is 17.4 Å². The van der Waals surface area contributed by atoms with E-state index in [1.165, 1.54) is 12.1 Å². The minimum absolute atomic E-state index is 0.0196. The minimum Gasteiger partial charge on any atom is -0.421 e. The molecule has 0 radical (unpaired) electrons. The van der Waals surface area contributed by atoms with Gasteiger partial charge in [0.1, 0.15) is 17.5 Å². The van der Waals surface area contributed by atoms with Gasteiger partial charge < -0.3 is 30.3 Å². The molecule has 2 saturated heterocycles. The van der Waals surface area contributed by atoms with Gasteiger partial charge in [-0.15, -0.1) is 0 Å². The molecule has 2 fully saturated rings. The number of morpholine rings is 1. The second kappa shape index (κ2) is 9.76. The van der Waals surface area contributed by atoms with Gasteiger partial charge in [-0.3, -0.25) is 4.79 Å². The zero-order valence-corrected chi connectivity index (χ0v) is 21.3. The van der Waals surface area contributed by atoms with Crippen LogP contribution < -0.4 is 20.7 Å². The summed E-state index contributed by atoms with van der Waals surface area (Å²) in [5.74, 6) is 0.852. The number of nitrogens with one attached hydrogen (secondary N) is 1. The Hall–Kier alpha value is -3.90. The van der Waals surface area contributed by atoms with E-state index in [0.717, 1.165) is 16.7 Å². The molecular weight excluding hydrogens is 491 g/mol. The average molecular weight is 521 g/mol. The van der Waals surface area contributed by atoms with Gasteiger partial charge in [0.25, 0.3) is 0 Å². The summed E-state index contributed by atoms with van der Waals surface area (Å²) in [6.07, 6.45) is 3.60. The van der Waals surface area contributed by atoms with Gasteiger partial charge in [-0.25, -0.2) is 14.4 Å². The standard InChI is InChI=1S/C26H29FN8O3/c1-14-30-10-16(11-31-14)38-26-32-22-9-17-18(7-15(27)8-21(17)29-2)23(22)24(33-26)35-12-19(20(28)13-35)25(36)34-3-5-37-6-4-34/h7-8,10-11,19-20,29H,3-6,9,12-13,28H2,1-2H3. The molecule has 11 nitrogen and oxygen atoms in total. The zero-order valence-electron chi connectivity index (χ0n) is 21.3. The zero-order chi connectivity index (χ0) is 26.4. The fourth-order valence-corrected chi connectivity index (χ4v) is 5.41. The number of nitrogens with zero attached hydrogens (tertiary/aromatic N) is 6. The lowest BCUT2D eigenvalue weighted by Crippen LogP contribution is -2.48. The summed E-state index contributed by atoms with van der Waals surface area (Å²) in [6, 6.07) is 2.73. The lowest BCUT2D eigenvalue weighted by molar-refractivity contribution is -0.139. The van der Waals surface area contributed by atoms with Crippen LogP contribution in [-0.2, 0) is 16.0 Å². The molecule has 2 aliphatic heterocycles. The van der Waals surface area contributed by atoms with Crippen LogP contribution in [0.15, 0.2) is 24.5 Å². The third kappa shape index (κ3) is 4.39. The number of carbonyl (C=O) groups excluding carboxylic acids is 1. The Morgan fingerprint density at radius 2 is 1.95 bits per heavy atom. The molecule has 12 heteroatoms. The maximum atomic E-state index is 14.6. The van der Waals surface area contributed by atoms with Gasteiger partial charge in [0.15, 0.2) is 5.75 Å². The molecule has 0 saturated carbocycles. The Bertz CT molecular complexity index is 1380. The summed E-state index contributed by atoms with van der Waals surface area (Å²) in [4.78, 5) is 34.9. The number of nitrogens with two attached hydrogens (primary N) is 1. The Balaban J connectivity index is 1.39. The topological polar surface area (TPSA) is 132 Å². The Labute approximate surface area is 219 Å². The van der Waals surface area contributed by atoms with E-state index in [9.17, 15) is 9.18 Å². The number of aryl methyl sites for hydroxylation is 1. The number of amides is 1. The lowest BCUT2D eigenvalue weighted by Gasteiger charge is -2.30. The van der Waals surface area contributed by atoms with Crippen molar-refractivity contribution in [3.05, 3.63) is 47.4 Å². The average Bonchev–Trinajstić information content (AvgIpc) is 3.49. The van der Waals surface area contributed by atoms with Gasteiger partial charge >= 0.3 is 6.01 Å². The Kier molecular flexibility index (Phi) is 6.28. The van der Waals surface area contributed by atoms with Crippen molar-refractivity contribution in [3.63, 3.8) is 0 Å². The van der Waals surface area contributed by atoms with Gasteiger partial charge in [0, 0.05) is 56.9 Å². The molecule has 3 N–H and O–H groups in total. The highest BCUT2D eigenvalue weighted by Gasteiger charge is 2.41. The Morgan fingerprint density at radius 1 is 1.18 bits per heavy atom. The van der Waals surface area contributed by atoms with Crippen LogP contribution in [-0.4, -0.2) is 83.2 Å².